The summed E-state index contributed by atoms with van der Waals surface area (Å²) in [5.41, 5.74) is 0.356. The van der Waals surface area contributed by atoms with Gasteiger partial charge < -0.3 is 20.1 Å². The van der Waals surface area contributed by atoms with E-state index in [1.165, 1.54) is 0 Å². The fourth-order valence-electron chi connectivity index (χ4n) is 3.66. The third kappa shape index (κ3) is 5.20. The highest BCUT2D eigenvalue weighted by Gasteiger charge is 2.36. The molecule has 4 heteroatoms. The summed E-state index contributed by atoms with van der Waals surface area (Å²) in [6.45, 7) is 13.9. The van der Waals surface area contributed by atoms with Crippen LogP contribution in [0.25, 0.3) is 0 Å². The molecule has 0 bridgehead atoms. The molecule has 124 valence electrons. The van der Waals surface area contributed by atoms with Gasteiger partial charge in [0.25, 0.3) is 0 Å². The molecule has 0 radical (unpaired) electrons. The number of likely N-dealkylation sites (tertiary alicyclic amines) is 1. The normalized spacial score (nSPS) is 30.7. The number of piperidine rings is 1. The van der Waals surface area contributed by atoms with Crippen molar-refractivity contribution in [3.8, 4) is 0 Å². The summed E-state index contributed by atoms with van der Waals surface area (Å²) in [5, 5.41) is 13.6. The van der Waals surface area contributed by atoms with Crippen LogP contribution in [0.1, 0.15) is 40.0 Å². The van der Waals surface area contributed by atoms with Crippen LogP contribution in [0.2, 0.25) is 0 Å². The molecule has 0 amide bonds. The van der Waals surface area contributed by atoms with Crippen molar-refractivity contribution in [2.45, 2.75) is 46.1 Å². The Bertz CT molecular complexity index is 303. The number of aliphatic hydroxyl groups excluding tert-OH is 1. The zero-order valence-electron chi connectivity index (χ0n) is 14.1. The Labute approximate surface area is 130 Å². The first-order valence-electron chi connectivity index (χ1n) is 8.70. The van der Waals surface area contributed by atoms with Gasteiger partial charge in [0.2, 0.25) is 0 Å². The number of hydrogen-bond donors (Lipinski definition) is 2. The van der Waals surface area contributed by atoms with Gasteiger partial charge in [-0.05, 0) is 43.1 Å². The Balaban J connectivity index is 1.89. The lowest BCUT2D eigenvalue weighted by Gasteiger charge is -2.44. The minimum atomic E-state index is -0.106. The lowest BCUT2D eigenvalue weighted by Crippen LogP contribution is -2.51. The number of ether oxygens (including phenoxy) is 1. The van der Waals surface area contributed by atoms with E-state index in [2.05, 4.69) is 31.0 Å². The van der Waals surface area contributed by atoms with E-state index in [4.69, 9.17) is 4.74 Å². The molecule has 0 spiro atoms. The maximum Gasteiger partial charge on any atom is 0.0590 e. The molecular formula is C17H34N2O2. The first kappa shape index (κ1) is 17.2. The van der Waals surface area contributed by atoms with Crippen molar-refractivity contribution < 1.29 is 9.84 Å². The highest BCUT2D eigenvalue weighted by atomic mass is 16.5. The lowest BCUT2D eigenvalue weighted by atomic mass is 9.78. The van der Waals surface area contributed by atoms with Gasteiger partial charge in [0.05, 0.1) is 6.10 Å². The summed E-state index contributed by atoms with van der Waals surface area (Å²) in [6.07, 6.45) is 3.13. The first-order valence-corrected chi connectivity index (χ1v) is 8.70. The van der Waals surface area contributed by atoms with Gasteiger partial charge in [0.15, 0.2) is 0 Å². The van der Waals surface area contributed by atoms with Gasteiger partial charge in [-0.1, -0.05) is 20.8 Å². The zero-order chi connectivity index (χ0) is 15.3. The second-order valence-corrected chi connectivity index (χ2v) is 7.71. The molecule has 21 heavy (non-hydrogen) atoms. The van der Waals surface area contributed by atoms with E-state index in [0.717, 1.165) is 65.2 Å². The van der Waals surface area contributed by atoms with E-state index in [0.29, 0.717) is 17.3 Å². The van der Waals surface area contributed by atoms with Gasteiger partial charge >= 0.3 is 0 Å². The molecule has 0 aliphatic carbocycles. The van der Waals surface area contributed by atoms with E-state index >= 15 is 0 Å². The van der Waals surface area contributed by atoms with Crippen LogP contribution in [-0.2, 0) is 4.74 Å². The van der Waals surface area contributed by atoms with Crippen molar-refractivity contribution in [1.29, 1.82) is 0 Å². The van der Waals surface area contributed by atoms with Crippen molar-refractivity contribution in [1.82, 2.24) is 10.2 Å². The van der Waals surface area contributed by atoms with Gasteiger partial charge in [-0.15, -0.1) is 0 Å². The van der Waals surface area contributed by atoms with Gasteiger partial charge in [0, 0.05) is 39.4 Å². The highest BCUT2D eigenvalue weighted by molar-refractivity contribution is 4.89. The lowest BCUT2D eigenvalue weighted by molar-refractivity contribution is -0.0273. The van der Waals surface area contributed by atoms with Crippen LogP contribution in [0.4, 0.5) is 0 Å². The summed E-state index contributed by atoms with van der Waals surface area (Å²) >= 11 is 0. The van der Waals surface area contributed by atoms with Crippen molar-refractivity contribution in [3.05, 3.63) is 0 Å². The van der Waals surface area contributed by atoms with Crippen LogP contribution >= 0.6 is 0 Å². The SMILES string of the molecule is CC(C)CNCC1(CN2CCC(O)C(C)C2)CCOCC1. The Morgan fingerprint density at radius 1 is 1.33 bits per heavy atom. The van der Waals surface area contributed by atoms with Crippen LogP contribution in [0.15, 0.2) is 0 Å². The quantitative estimate of drug-likeness (QED) is 0.784. The molecule has 2 aliphatic rings. The van der Waals surface area contributed by atoms with E-state index in [-0.39, 0.29) is 6.10 Å². The summed E-state index contributed by atoms with van der Waals surface area (Å²) in [5.74, 6) is 1.10. The van der Waals surface area contributed by atoms with Gasteiger partial charge in [-0.25, -0.2) is 0 Å². The number of hydrogen-bond acceptors (Lipinski definition) is 4. The van der Waals surface area contributed by atoms with Crippen molar-refractivity contribution in [2.75, 3.05) is 45.9 Å². The molecule has 2 saturated heterocycles. The standard InChI is InChI=1S/C17H34N2O2/c1-14(2)10-18-12-17(5-8-21-9-6-17)13-19-7-4-16(20)15(3)11-19/h14-16,18,20H,4-13H2,1-3H3. The number of rotatable bonds is 6. The van der Waals surface area contributed by atoms with E-state index in [1.54, 1.807) is 0 Å². The Morgan fingerprint density at radius 2 is 2.05 bits per heavy atom. The largest absolute Gasteiger partial charge is 0.393 e. The second kappa shape index (κ2) is 7.91. The molecule has 2 rings (SSSR count). The smallest absolute Gasteiger partial charge is 0.0590 e. The molecule has 0 aromatic heterocycles. The summed E-state index contributed by atoms with van der Waals surface area (Å²) in [4.78, 5) is 2.57. The third-order valence-corrected chi connectivity index (χ3v) is 5.11. The summed E-state index contributed by atoms with van der Waals surface area (Å²) in [7, 11) is 0. The molecule has 2 unspecified atom stereocenters. The predicted molar refractivity (Wildman–Crippen MR) is 86.4 cm³/mol. The Kier molecular flexibility index (Phi) is 6.48. The van der Waals surface area contributed by atoms with Crippen LogP contribution in [0.5, 0.6) is 0 Å². The fourth-order valence-corrected chi connectivity index (χ4v) is 3.66. The average molecular weight is 298 g/mol. The van der Waals surface area contributed by atoms with E-state index in [1.807, 2.05) is 0 Å². The fraction of sp³-hybridized carbons (Fsp3) is 1.00. The number of aliphatic hydroxyl groups is 1. The van der Waals surface area contributed by atoms with Gasteiger partial charge in [-0.2, -0.15) is 0 Å². The number of nitrogens with zero attached hydrogens (tertiary/aromatic N) is 1. The molecule has 0 aromatic carbocycles. The molecule has 2 fully saturated rings. The Morgan fingerprint density at radius 3 is 2.67 bits per heavy atom. The minimum Gasteiger partial charge on any atom is -0.393 e. The number of nitrogens with one attached hydrogen (secondary N) is 1. The maximum atomic E-state index is 9.91. The van der Waals surface area contributed by atoms with Crippen molar-refractivity contribution in [2.24, 2.45) is 17.3 Å². The predicted octanol–water partition coefficient (Wildman–Crippen LogP) is 1.73. The monoisotopic (exact) mass is 298 g/mol. The van der Waals surface area contributed by atoms with Gasteiger partial charge in [0.1, 0.15) is 0 Å². The molecule has 2 heterocycles. The minimum absolute atomic E-state index is 0.106. The van der Waals surface area contributed by atoms with Crippen LogP contribution in [-0.4, -0.2) is 62.0 Å². The van der Waals surface area contributed by atoms with Crippen LogP contribution < -0.4 is 5.32 Å². The second-order valence-electron chi connectivity index (χ2n) is 7.71. The Hall–Kier alpha value is -0.160. The van der Waals surface area contributed by atoms with Crippen molar-refractivity contribution >= 4 is 0 Å². The van der Waals surface area contributed by atoms with Gasteiger partial charge in [-0.3, -0.25) is 0 Å². The molecule has 2 N–H and O–H groups in total. The highest BCUT2D eigenvalue weighted by Crippen LogP contribution is 2.32. The first-order chi connectivity index (χ1) is 10.0. The molecular weight excluding hydrogens is 264 g/mol. The molecule has 2 aliphatic heterocycles. The van der Waals surface area contributed by atoms with E-state index in [9.17, 15) is 5.11 Å². The third-order valence-electron chi connectivity index (χ3n) is 5.11. The van der Waals surface area contributed by atoms with Crippen LogP contribution in [0.3, 0.4) is 0 Å². The molecule has 4 nitrogen and oxygen atoms in total. The molecule has 0 aromatic rings. The molecule has 0 saturated carbocycles. The van der Waals surface area contributed by atoms with Crippen molar-refractivity contribution in [3.63, 3.8) is 0 Å². The maximum absolute atomic E-state index is 9.91. The zero-order valence-corrected chi connectivity index (χ0v) is 14.1. The van der Waals surface area contributed by atoms with E-state index < -0.39 is 0 Å². The topological polar surface area (TPSA) is 44.7 Å². The van der Waals surface area contributed by atoms with Crippen LogP contribution in [0, 0.1) is 17.3 Å². The average Bonchev–Trinajstić information content (AvgIpc) is 2.43. The summed E-state index contributed by atoms with van der Waals surface area (Å²) < 4.78 is 5.59. The molecule has 2 atom stereocenters. The summed E-state index contributed by atoms with van der Waals surface area (Å²) in [6, 6.07) is 0.